The van der Waals surface area contributed by atoms with Crippen molar-refractivity contribution in [2.75, 3.05) is 66.0 Å². The molecule has 0 aliphatic heterocycles. The Bertz CT molecular complexity index is 786. The summed E-state index contributed by atoms with van der Waals surface area (Å²) in [6, 6.07) is 0.455. The lowest BCUT2D eigenvalue weighted by atomic mass is 10.1. The van der Waals surface area contributed by atoms with Crippen LogP contribution in [0.5, 0.6) is 0 Å². The molecule has 0 aromatic rings. The average molecular weight is 710 g/mol. The summed E-state index contributed by atoms with van der Waals surface area (Å²) in [7, 11) is 1.66. The molecule has 0 heterocycles. The number of amides is 3. The molecule has 0 saturated carbocycles. The Hall–Kier alpha value is -1.75. The van der Waals surface area contributed by atoms with Gasteiger partial charge in [0, 0.05) is 97.3 Å². The molecule has 0 aromatic heterocycles. The lowest BCUT2D eigenvalue weighted by Gasteiger charge is -2.22. The topological polar surface area (TPSA) is 127 Å². The van der Waals surface area contributed by atoms with Gasteiger partial charge in [-0.2, -0.15) is 0 Å². The Kier molecular flexibility index (Phi) is 35.7. The maximum absolute atomic E-state index is 12.6. The van der Waals surface area contributed by atoms with Crippen molar-refractivity contribution in [3.8, 4) is 0 Å². The molecule has 0 fully saturated rings. The summed E-state index contributed by atoms with van der Waals surface area (Å²) in [4.78, 5) is 38.9. The quantitative estimate of drug-likeness (QED) is 0.0432. The van der Waals surface area contributed by atoms with Crippen molar-refractivity contribution < 1.29 is 14.4 Å². The van der Waals surface area contributed by atoms with Crippen molar-refractivity contribution in [2.24, 2.45) is 0 Å². The zero-order valence-corrected chi connectivity index (χ0v) is 33.5. The van der Waals surface area contributed by atoms with Crippen LogP contribution in [-0.2, 0) is 14.4 Å². The van der Waals surface area contributed by atoms with E-state index < -0.39 is 0 Å². The SMILES string of the molecule is CCCCCCCCCCC(C)NC(=O)CCNCCNCCNCCN(CCC(=O)NC)CCC(=O)NC(C)CCCCCCCCCC. The normalized spacial score (nSPS) is 12.6. The summed E-state index contributed by atoms with van der Waals surface area (Å²) in [5.41, 5.74) is 0. The molecule has 0 aliphatic rings. The van der Waals surface area contributed by atoms with Gasteiger partial charge in [-0.3, -0.25) is 14.4 Å². The molecule has 3 amide bonds. The molecule has 50 heavy (non-hydrogen) atoms. The fourth-order valence-corrected chi connectivity index (χ4v) is 6.15. The van der Waals surface area contributed by atoms with Crippen molar-refractivity contribution in [3.63, 3.8) is 0 Å². The zero-order valence-electron chi connectivity index (χ0n) is 33.5. The average Bonchev–Trinajstić information content (AvgIpc) is 3.09. The predicted octanol–water partition coefficient (Wildman–Crippen LogP) is 6.04. The standard InChI is InChI=1S/C40H83N7O3/c1-6-8-10-12-14-16-18-20-22-36(3)45-39(49)24-27-42-28-29-43-30-31-44-32-35-47(33-25-38(48)41-5)34-26-40(50)46-37(4)23-21-19-17-15-13-11-9-7-2/h36-37,42-44H,6-35H2,1-5H3,(H,41,48)(H,45,49)(H,46,50). The lowest BCUT2D eigenvalue weighted by molar-refractivity contribution is -0.122. The number of nitrogens with zero attached hydrogens (tertiary/aromatic N) is 1. The van der Waals surface area contributed by atoms with Crippen LogP contribution in [0, 0.1) is 0 Å². The second kappa shape index (κ2) is 37.0. The molecule has 0 saturated heterocycles. The van der Waals surface area contributed by atoms with Crippen LogP contribution < -0.4 is 31.9 Å². The van der Waals surface area contributed by atoms with E-state index in [2.05, 4.69) is 64.5 Å². The van der Waals surface area contributed by atoms with Gasteiger partial charge in [-0.15, -0.1) is 0 Å². The van der Waals surface area contributed by atoms with Gasteiger partial charge in [0.25, 0.3) is 0 Å². The first-order valence-electron chi connectivity index (χ1n) is 21.0. The summed E-state index contributed by atoms with van der Waals surface area (Å²) < 4.78 is 0. The second-order valence-electron chi connectivity index (χ2n) is 14.5. The van der Waals surface area contributed by atoms with E-state index in [0.717, 1.165) is 52.1 Å². The number of nitrogens with one attached hydrogen (secondary N) is 6. The van der Waals surface area contributed by atoms with Gasteiger partial charge >= 0.3 is 0 Å². The Morgan fingerprint density at radius 3 is 1.30 bits per heavy atom. The number of hydrogen-bond acceptors (Lipinski definition) is 7. The van der Waals surface area contributed by atoms with Gasteiger partial charge in [-0.1, -0.05) is 117 Å². The molecule has 296 valence electrons. The number of rotatable bonds is 38. The molecule has 6 N–H and O–H groups in total. The molecule has 0 aromatic carbocycles. The molecule has 0 spiro atoms. The van der Waals surface area contributed by atoms with Gasteiger partial charge in [0.2, 0.25) is 17.7 Å². The number of carbonyl (C=O) groups is 3. The molecule has 0 radical (unpaired) electrons. The maximum atomic E-state index is 12.6. The molecule has 2 atom stereocenters. The van der Waals surface area contributed by atoms with Gasteiger partial charge in [0.1, 0.15) is 0 Å². The largest absolute Gasteiger partial charge is 0.359 e. The van der Waals surface area contributed by atoms with Gasteiger partial charge in [-0.05, 0) is 26.7 Å². The van der Waals surface area contributed by atoms with Gasteiger partial charge < -0.3 is 36.8 Å². The minimum atomic E-state index is 0.0217. The number of hydrogen-bond donors (Lipinski definition) is 6. The predicted molar refractivity (Wildman–Crippen MR) is 213 cm³/mol. The highest BCUT2D eigenvalue weighted by Gasteiger charge is 2.12. The van der Waals surface area contributed by atoms with Crippen molar-refractivity contribution in [3.05, 3.63) is 0 Å². The van der Waals surface area contributed by atoms with Crippen molar-refractivity contribution in [1.29, 1.82) is 0 Å². The highest BCUT2D eigenvalue weighted by molar-refractivity contribution is 5.77. The van der Waals surface area contributed by atoms with Crippen LogP contribution in [0.4, 0.5) is 0 Å². The first-order chi connectivity index (χ1) is 24.3. The highest BCUT2D eigenvalue weighted by Crippen LogP contribution is 2.12. The van der Waals surface area contributed by atoms with E-state index in [4.69, 9.17) is 0 Å². The summed E-state index contributed by atoms with van der Waals surface area (Å²) in [5.74, 6) is 0.251. The van der Waals surface area contributed by atoms with Crippen molar-refractivity contribution in [2.45, 2.75) is 175 Å². The molecule has 10 heteroatoms. The van der Waals surface area contributed by atoms with Crippen molar-refractivity contribution in [1.82, 2.24) is 36.8 Å². The minimum absolute atomic E-state index is 0.0217. The second-order valence-corrected chi connectivity index (χ2v) is 14.5. The number of carbonyl (C=O) groups excluding carboxylic acids is 3. The monoisotopic (exact) mass is 710 g/mol. The van der Waals surface area contributed by atoms with Crippen LogP contribution in [0.1, 0.15) is 163 Å². The summed E-state index contributed by atoms with van der Waals surface area (Å²) in [6.45, 7) is 15.7. The smallest absolute Gasteiger partial charge is 0.221 e. The van der Waals surface area contributed by atoms with E-state index in [1.807, 2.05) is 0 Å². The number of unbranched alkanes of at least 4 members (excludes halogenated alkanes) is 14. The van der Waals surface area contributed by atoms with Crippen LogP contribution in [0.25, 0.3) is 0 Å². The summed E-state index contributed by atoms with van der Waals surface area (Å²) in [5, 5.41) is 19.3. The lowest BCUT2D eigenvalue weighted by Crippen LogP contribution is -2.40. The van der Waals surface area contributed by atoms with Crippen LogP contribution in [0.15, 0.2) is 0 Å². The van der Waals surface area contributed by atoms with Crippen LogP contribution in [0.3, 0.4) is 0 Å². The Morgan fingerprint density at radius 2 is 0.840 bits per heavy atom. The van der Waals surface area contributed by atoms with Gasteiger partial charge in [-0.25, -0.2) is 0 Å². The van der Waals surface area contributed by atoms with Crippen LogP contribution in [-0.4, -0.2) is 101 Å². The molecule has 0 bridgehead atoms. The fourth-order valence-electron chi connectivity index (χ4n) is 6.15. The molecule has 2 unspecified atom stereocenters. The van der Waals surface area contributed by atoms with Crippen molar-refractivity contribution >= 4 is 17.7 Å². The van der Waals surface area contributed by atoms with Crippen LogP contribution >= 0.6 is 0 Å². The summed E-state index contributed by atoms with van der Waals surface area (Å²) in [6.07, 6.45) is 24.4. The van der Waals surface area contributed by atoms with Gasteiger partial charge in [0.05, 0.1) is 0 Å². The Morgan fingerprint density at radius 1 is 0.460 bits per heavy atom. The Balaban J connectivity index is 3.91. The molecular formula is C40H83N7O3. The van der Waals surface area contributed by atoms with E-state index in [1.54, 1.807) is 7.05 Å². The van der Waals surface area contributed by atoms with E-state index >= 15 is 0 Å². The Labute approximate surface area is 309 Å². The van der Waals surface area contributed by atoms with Gasteiger partial charge in [0.15, 0.2) is 0 Å². The highest BCUT2D eigenvalue weighted by atomic mass is 16.2. The summed E-state index contributed by atoms with van der Waals surface area (Å²) >= 11 is 0. The minimum Gasteiger partial charge on any atom is -0.359 e. The molecule has 10 nitrogen and oxygen atoms in total. The fraction of sp³-hybridized carbons (Fsp3) is 0.925. The molecule has 0 aliphatic carbocycles. The van der Waals surface area contributed by atoms with E-state index in [-0.39, 0.29) is 29.8 Å². The van der Waals surface area contributed by atoms with E-state index in [1.165, 1.54) is 103 Å². The van der Waals surface area contributed by atoms with Crippen LogP contribution in [0.2, 0.25) is 0 Å². The molecule has 0 rings (SSSR count). The first kappa shape index (κ1) is 48.2. The zero-order chi connectivity index (χ0) is 36.9. The third kappa shape index (κ3) is 34.7. The van der Waals surface area contributed by atoms with E-state index in [0.29, 0.717) is 38.9 Å². The van der Waals surface area contributed by atoms with E-state index in [9.17, 15) is 14.4 Å². The maximum Gasteiger partial charge on any atom is 0.221 e. The third-order valence-corrected chi connectivity index (χ3v) is 9.48. The first-order valence-corrected chi connectivity index (χ1v) is 21.0. The molecular weight excluding hydrogens is 626 g/mol. The third-order valence-electron chi connectivity index (χ3n) is 9.48.